The monoisotopic (exact) mass is 301 g/mol. The van der Waals surface area contributed by atoms with Crippen molar-refractivity contribution < 1.29 is 20.1 Å². The van der Waals surface area contributed by atoms with E-state index in [1.807, 2.05) is 6.07 Å². The molecule has 116 valence electrons. The fraction of sp³-hybridized carbons (Fsp3) is 0.235. The van der Waals surface area contributed by atoms with Gasteiger partial charge >= 0.3 is 5.97 Å². The van der Waals surface area contributed by atoms with Gasteiger partial charge in [0.15, 0.2) is 6.10 Å². The maximum Gasteiger partial charge on any atom is 0.333 e. The molecule has 0 bridgehead atoms. The lowest BCUT2D eigenvalue weighted by atomic mass is 9.77. The van der Waals surface area contributed by atoms with Crippen LogP contribution in [0.2, 0.25) is 0 Å². The second-order valence-electron chi connectivity index (χ2n) is 5.15. The SMILES string of the molecule is NC(O)C(c1ccccc1)C(c1ccccc1)C(O)C(=O)O. The summed E-state index contributed by atoms with van der Waals surface area (Å²) in [5.41, 5.74) is 6.98. The molecule has 4 unspecified atom stereocenters. The van der Waals surface area contributed by atoms with Crippen molar-refractivity contribution in [1.82, 2.24) is 0 Å². The van der Waals surface area contributed by atoms with Crippen molar-refractivity contribution in [3.05, 3.63) is 71.8 Å². The van der Waals surface area contributed by atoms with Crippen LogP contribution >= 0.6 is 0 Å². The molecule has 0 fully saturated rings. The van der Waals surface area contributed by atoms with Gasteiger partial charge in [-0.25, -0.2) is 4.79 Å². The Morgan fingerprint density at radius 3 is 1.59 bits per heavy atom. The van der Waals surface area contributed by atoms with E-state index in [-0.39, 0.29) is 0 Å². The van der Waals surface area contributed by atoms with Gasteiger partial charge in [0.2, 0.25) is 0 Å². The highest BCUT2D eigenvalue weighted by molar-refractivity contribution is 5.73. The van der Waals surface area contributed by atoms with Crippen molar-refractivity contribution in [3.8, 4) is 0 Å². The molecule has 2 aromatic rings. The van der Waals surface area contributed by atoms with E-state index in [4.69, 9.17) is 5.73 Å². The number of aliphatic hydroxyl groups is 2. The third-order valence-corrected chi connectivity index (χ3v) is 3.72. The van der Waals surface area contributed by atoms with Crippen LogP contribution in [-0.2, 0) is 4.79 Å². The molecule has 0 radical (unpaired) electrons. The molecule has 0 saturated carbocycles. The Balaban J connectivity index is 2.52. The molecule has 5 heteroatoms. The number of hydrogen-bond acceptors (Lipinski definition) is 4. The van der Waals surface area contributed by atoms with Gasteiger partial charge < -0.3 is 21.1 Å². The Kier molecular flexibility index (Phi) is 5.27. The Morgan fingerprint density at radius 1 is 0.818 bits per heavy atom. The maximum absolute atomic E-state index is 11.3. The molecule has 0 aromatic heterocycles. The number of hydrogen-bond donors (Lipinski definition) is 4. The molecule has 0 amide bonds. The van der Waals surface area contributed by atoms with Crippen LogP contribution < -0.4 is 5.73 Å². The van der Waals surface area contributed by atoms with Crippen molar-refractivity contribution in [1.29, 1.82) is 0 Å². The second kappa shape index (κ2) is 7.17. The third kappa shape index (κ3) is 3.51. The lowest BCUT2D eigenvalue weighted by Gasteiger charge is -2.31. The topological polar surface area (TPSA) is 104 Å². The van der Waals surface area contributed by atoms with Gasteiger partial charge in [0.1, 0.15) is 6.23 Å². The van der Waals surface area contributed by atoms with E-state index in [2.05, 4.69) is 0 Å². The summed E-state index contributed by atoms with van der Waals surface area (Å²) in [5, 5.41) is 29.4. The molecule has 5 N–H and O–H groups in total. The van der Waals surface area contributed by atoms with E-state index in [0.717, 1.165) is 0 Å². The van der Waals surface area contributed by atoms with Crippen LogP contribution in [0.15, 0.2) is 60.7 Å². The van der Waals surface area contributed by atoms with Gasteiger partial charge in [-0.15, -0.1) is 0 Å². The van der Waals surface area contributed by atoms with Crippen molar-refractivity contribution >= 4 is 5.97 Å². The largest absolute Gasteiger partial charge is 0.479 e. The van der Waals surface area contributed by atoms with Crippen LogP contribution in [0, 0.1) is 0 Å². The van der Waals surface area contributed by atoms with E-state index in [0.29, 0.717) is 11.1 Å². The van der Waals surface area contributed by atoms with Gasteiger partial charge in [0, 0.05) is 11.8 Å². The zero-order chi connectivity index (χ0) is 16.1. The Bertz CT molecular complexity index is 601. The van der Waals surface area contributed by atoms with Gasteiger partial charge in [-0.3, -0.25) is 0 Å². The van der Waals surface area contributed by atoms with Gasteiger partial charge in [-0.2, -0.15) is 0 Å². The Morgan fingerprint density at radius 2 is 1.23 bits per heavy atom. The van der Waals surface area contributed by atoms with Crippen LogP contribution in [0.5, 0.6) is 0 Å². The van der Waals surface area contributed by atoms with Crippen molar-refractivity contribution in [2.24, 2.45) is 5.73 Å². The van der Waals surface area contributed by atoms with Crippen molar-refractivity contribution in [3.63, 3.8) is 0 Å². The summed E-state index contributed by atoms with van der Waals surface area (Å²) in [6.45, 7) is 0. The summed E-state index contributed by atoms with van der Waals surface area (Å²) in [6.07, 6.45) is -2.98. The number of carboxylic acids is 1. The van der Waals surface area contributed by atoms with Gasteiger partial charge in [0.25, 0.3) is 0 Å². The summed E-state index contributed by atoms with van der Waals surface area (Å²) in [4.78, 5) is 11.3. The lowest BCUT2D eigenvalue weighted by molar-refractivity contribution is -0.148. The first-order chi connectivity index (χ1) is 10.5. The predicted molar refractivity (Wildman–Crippen MR) is 82.2 cm³/mol. The van der Waals surface area contributed by atoms with Crippen LogP contribution in [0.25, 0.3) is 0 Å². The third-order valence-electron chi connectivity index (χ3n) is 3.72. The molecule has 22 heavy (non-hydrogen) atoms. The Labute approximate surface area is 128 Å². The molecule has 2 rings (SSSR count). The van der Waals surface area contributed by atoms with Crippen LogP contribution in [-0.4, -0.2) is 33.6 Å². The summed E-state index contributed by atoms with van der Waals surface area (Å²) in [5.74, 6) is -2.95. The molecular formula is C17H19NO4. The molecule has 0 saturated heterocycles. The molecule has 0 heterocycles. The summed E-state index contributed by atoms with van der Waals surface area (Å²) in [6, 6.07) is 17.6. The molecule has 0 aliphatic heterocycles. The number of carboxylic acid groups (broad SMARTS) is 1. The first-order valence-corrected chi connectivity index (χ1v) is 6.96. The van der Waals surface area contributed by atoms with Crippen molar-refractivity contribution in [2.45, 2.75) is 24.2 Å². The van der Waals surface area contributed by atoms with Gasteiger partial charge in [-0.05, 0) is 11.1 Å². The first kappa shape index (κ1) is 16.2. The number of aliphatic carboxylic acids is 1. The van der Waals surface area contributed by atoms with E-state index >= 15 is 0 Å². The highest BCUT2D eigenvalue weighted by Crippen LogP contribution is 2.37. The van der Waals surface area contributed by atoms with Crippen LogP contribution in [0.4, 0.5) is 0 Å². The first-order valence-electron chi connectivity index (χ1n) is 6.96. The van der Waals surface area contributed by atoms with Gasteiger partial charge in [0.05, 0.1) is 0 Å². The van der Waals surface area contributed by atoms with E-state index < -0.39 is 30.1 Å². The summed E-state index contributed by atoms with van der Waals surface area (Å²) in [7, 11) is 0. The standard InChI is InChI=1S/C17H19NO4/c18-16(20)14(12-9-5-2-6-10-12)13(15(19)17(21)22)11-7-3-1-4-8-11/h1-10,13-16,19-20H,18H2,(H,21,22). The van der Waals surface area contributed by atoms with Crippen LogP contribution in [0.3, 0.4) is 0 Å². The minimum atomic E-state index is -1.68. The number of aliphatic hydroxyl groups excluding tert-OH is 2. The molecular weight excluding hydrogens is 282 g/mol. The minimum absolute atomic E-state index is 0.607. The molecule has 2 aromatic carbocycles. The molecule has 0 aliphatic carbocycles. The van der Waals surface area contributed by atoms with Gasteiger partial charge in [-0.1, -0.05) is 60.7 Å². The smallest absolute Gasteiger partial charge is 0.333 e. The molecule has 5 nitrogen and oxygen atoms in total. The zero-order valence-corrected chi connectivity index (χ0v) is 11.9. The lowest BCUT2D eigenvalue weighted by Crippen LogP contribution is -2.40. The minimum Gasteiger partial charge on any atom is -0.479 e. The Hall–Kier alpha value is -2.21. The zero-order valence-electron chi connectivity index (χ0n) is 11.9. The maximum atomic E-state index is 11.3. The normalized spacial score (nSPS) is 16.5. The average Bonchev–Trinajstić information content (AvgIpc) is 2.53. The highest BCUT2D eigenvalue weighted by Gasteiger charge is 2.37. The number of rotatable bonds is 6. The fourth-order valence-corrected chi connectivity index (χ4v) is 2.71. The number of nitrogens with two attached hydrogens (primary N) is 1. The summed E-state index contributed by atoms with van der Waals surface area (Å²) >= 11 is 0. The van der Waals surface area contributed by atoms with Crippen LogP contribution in [0.1, 0.15) is 23.0 Å². The number of benzene rings is 2. The summed E-state index contributed by atoms with van der Waals surface area (Å²) < 4.78 is 0. The molecule has 0 spiro atoms. The highest BCUT2D eigenvalue weighted by atomic mass is 16.4. The van der Waals surface area contributed by atoms with E-state index in [1.54, 1.807) is 54.6 Å². The second-order valence-corrected chi connectivity index (χ2v) is 5.15. The fourth-order valence-electron chi connectivity index (χ4n) is 2.71. The predicted octanol–water partition coefficient (Wildman–Crippen LogP) is 1.28. The number of carbonyl (C=O) groups is 1. The molecule has 0 aliphatic rings. The van der Waals surface area contributed by atoms with E-state index in [1.165, 1.54) is 0 Å². The average molecular weight is 301 g/mol. The van der Waals surface area contributed by atoms with E-state index in [9.17, 15) is 20.1 Å². The molecule has 4 atom stereocenters. The van der Waals surface area contributed by atoms with Crippen molar-refractivity contribution in [2.75, 3.05) is 0 Å². The quantitative estimate of drug-likeness (QED) is 0.602.